The maximum atomic E-state index is 12.5. The van der Waals surface area contributed by atoms with Crippen LogP contribution in [0.15, 0.2) is 28.7 Å². The number of nitrogens with zero attached hydrogens (tertiary/aromatic N) is 2. The Balaban J connectivity index is 1.62. The van der Waals surface area contributed by atoms with Crippen LogP contribution in [0.3, 0.4) is 0 Å². The Labute approximate surface area is 132 Å². The second kappa shape index (κ2) is 6.05. The molecule has 0 aliphatic carbocycles. The van der Waals surface area contributed by atoms with Crippen molar-refractivity contribution in [2.75, 3.05) is 26.2 Å². The molecule has 3 rings (SSSR count). The molecule has 0 radical (unpaired) electrons. The first-order valence-corrected chi connectivity index (χ1v) is 8.04. The van der Waals surface area contributed by atoms with E-state index in [0.29, 0.717) is 18.7 Å². The molecule has 5 nitrogen and oxygen atoms in total. The number of hydrogen-bond donors (Lipinski definition) is 1. The molecule has 1 aromatic carbocycles. The lowest BCUT2D eigenvalue weighted by atomic mass is 10.0. The van der Waals surface area contributed by atoms with E-state index < -0.39 is 0 Å². The molecule has 3 amide bonds. The normalized spacial score (nSPS) is 19.8. The van der Waals surface area contributed by atoms with Gasteiger partial charge in [-0.3, -0.25) is 4.79 Å². The summed E-state index contributed by atoms with van der Waals surface area (Å²) in [5.41, 5.74) is 0.704. The lowest BCUT2D eigenvalue weighted by molar-refractivity contribution is 0.0665. The highest BCUT2D eigenvalue weighted by atomic mass is 79.9. The van der Waals surface area contributed by atoms with Crippen LogP contribution in [-0.4, -0.2) is 54.0 Å². The predicted molar refractivity (Wildman–Crippen MR) is 83.2 cm³/mol. The Morgan fingerprint density at radius 2 is 1.90 bits per heavy atom. The Hall–Kier alpha value is -1.56. The van der Waals surface area contributed by atoms with Crippen molar-refractivity contribution < 1.29 is 9.59 Å². The number of benzene rings is 1. The van der Waals surface area contributed by atoms with E-state index in [0.717, 1.165) is 30.4 Å². The third-order valence-corrected chi connectivity index (χ3v) is 4.88. The first kappa shape index (κ1) is 14.4. The van der Waals surface area contributed by atoms with Crippen molar-refractivity contribution in [2.45, 2.75) is 18.9 Å². The molecule has 0 atom stereocenters. The van der Waals surface area contributed by atoms with Crippen molar-refractivity contribution in [3.63, 3.8) is 0 Å². The summed E-state index contributed by atoms with van der Waals surface area (Å²) in [6.07, 6.45) is 1.70. The number of carbonyl (C=O) groups excluding carboxylic acids is 2. The van der Waals surface area contributed by atoms with Gasteiger partial charge in [-0.2, -0.15) is 0 Å². The van der Waals surface area contributed by atoms with Gasteiger partial charge in [-0.1, -0.05) is 12.1 Å². The van der Waals surface area contributed by atoms with Crippen molar-refractivity contribution in [3.05, 3.63) is 34.3 Å². The monoisotopic (exact) mass is 351 g/mol. The number of nitrogens with one attached hydrogen (secondary N) is 1. The largest absolute Gasteiger partial charge is 0.338 e. The number of urea groups is 1. The second-order valence-corrected chi connectivity index (χ2v) is 6.28. The number of carbonyl (C=O) groups is 2. The van der Waals surface area contributed by atoms with Crippen molar-refractivity contribution in [1.29, 1.82) is 0 Å². The van der Waals surface area contributed by atoms with E-state index in [1.165, 1.54) is 0 Å². The number of hydrogen-bond acceptors (Lipinski definition) is 2. The van der Waals surface area contributed by atoms with Crippen LogP contribution < -0.4 is 5.32 Å². The van der Waals surface area contributed by atoms with Gasteiger partial charge in [0.1, 0.15) is 0 Å². The van der Waals surface area contributed by atoms with Gasteiger partial charge in [0.2, 0.25) is 0 Å². The zero-order valence-corrected chi connectivity index (χ0v) is 13.3. The van der Waals surface area contributed by atoms with Crippen LogP contribution in [-0.2, 0) is 0 Å². The van der Waals surface area contributed by atoms with Crippen LogP contribution in [0.25, 0.3) is 0 Å². The summed E-state index contributed by atoms with van der Waals surface area (Å²) in [5.74, 6) is 0.0619. The molecule has 0 bridgehead atoms. The minimum atomic E-state index is 0.0329. The molecule has 2 heterocycles. The number of rotatable bonds is 2. The van der Waals surface area contributed by atoms with Crippen LogP contribution in [0.4, 0.5) is 4.79 Å². The minimum Gasteiger partial charge on any atom is -0.338 e. The summed E-state index contributed by atoms with van der Waals surface area (Å²) in [5, 5.41) is 2.83. The smallest absolute Gasteiger partial charge is 0.317 e. The van der Waals surface area contributed by atoms with Gasteiger partial charge in [0.25, 0.3) is 5.91 Å². The Bertz CT molecular complexity index is 556. The van der Waals surface area contributed by atoms with Gasteiger partial charge in [0, 0.05) is 36.7 Å². The van der Waals surface area contributed by atoms with Crippen molar-refractivity contribution in [3.8, 4) is 0 Å². The van der Waals surface area contributed by atoms with E-state index >= 15 is 0 Å². The van der Waals surface area contributed by atoms with Gasteiger partial charge in [-0.05, 0) is 40.9 Å². The average molecular weight is 352 g/mol. The number of amides is 3. The highest BCUT2D eigenvalue weighted by Crippen LogP contribution is 2.22. The molecule has 2 aliphatic heterocycles. The number of piperidine rings is 1. The molecule has 2 fully saturated rings. The molecule has 0 aromatic heterocycles. The Kier molecular flexibility index (Phi) is 4.14. The fourth-order valence-electron chi connectivity index (χ4n) is 3.02. The fraction of sp³-hybridized carbons (Fsp3) is 0.467. The molecule has 1 N–H and O–H groups in total. The van der Waals surface area contributed by atoms with Gasteiger partial charge < -0.3 is 15.1 Å². The van der Waals surface area contributed by atoms with Crippen LogP contribution in [0.2, 0.25) is 0 Å². The number of halogens is 1. The van der Waals surface area contributed by atoms with Crippen LogP contribution in [0.1, 0.15) is 23.2 Å². The van der Waals surface area contributed by atoms with Crippen LogP contribution >= 0.6 is 15.9 Å². The Morgan fingerprint density at radius 3 is 2.52 bits per heavy atom. The summed E-state index contributed by atoms with van der Waals surface area (Å²) in [6.45, 7) is 2.92. The zero-order chi connectivity index (χ0) is 14.8. The van der Waals surface area contributed by atoms with Crippen LogP contribution in [0, 0.1) is 0 Å². The van der Waals surface area contributed by atoms with Crippen molar-refractivity contribution in [1.82, 2.24) is 15.1 Å². The van der Waals surface area contributed by atoms with Gasteiger partial charge in [-0.15, -0.1) is 0 Å². The average Bonchev–Trinajstić information content (AvgIpc) is 2.93. The summed E-state index contributed by atoms with van der Waals surface area (Å²) in [7, 11) is 0. The van der Waals surface area contributed by atoms with Crippen molar-refractivity contribution in [2.24, 2.45) is 0 Å². The van der Waals surface area contributed by atoms with E-state index in [9.17, 15) is 9.59 Å². The molecule has 6 heteroatoms. The highest BCUT2D eigenvalue weighted by Gasteiger charge is 2.32. The molecular formula is C15H18BrN3O2. The number of likely N-dealkylation sites (tertiary alicyclic amines) is 1. The highest BCUT2D eigenvalue weighted by molar-refractivity contribution is 9.10. The molecule has 0 spiro atoms. The van der Waals surface area contributed by atoms with Gasteiger partial charge in [0.05, 0.1) is 5.56 Å². The molecule has 0 saturated carbocycles. The predicted octanol–water partition coefficient (Wildman–Crippen LogP) is 2.08. The van der Waals surface area contributed by atoms with E-state index in [1.807, 2.05) is 34.1 Å². The lowest BCUT2D eigenvalue weighted by Gasteiger charge is -2.36. The summed E-state index contributed by atoms with van der Waals surface area (Å²) < 4.78 is 0.830. The molecule has 112 valence electrons. The topological polar surface area (TPSA) is 52.7 Å². The van der Waals surface area contributed by atoms with Gasteiger partial charge >= 0.3 is 6.03 Å². The first-order chi connectivity index (χ1) is 10.2. The molecule has 21 heavy (non-hydrogen) atoms. The standard InChI is InChI=1S/C15H18BrN3O2/c16-13-4-2-1-3-12(13)14(20)18-8-5-11(6-9-18)19-10-7-17-15(19)21/h1-4,11H,5-10H2,(H,17,21). The van der Waals surface area contributed by atoms with Crippen LogP contribution in [0.5, 0.6) is 0 Å². The summed E-state index contributed by atoms with van der Waals surface area (Å²) in [6, 6.07) is 7.79. The fourth-order valence-corrected chi connectivity index (χ4v) is 3.47. The molecule has 2 saturated heterocycles. The minimum absolute atomic E-state index is 0.0329. The van der Waals surface area contributed by atoms with E-state index in [1.54, 1.807) is 0 Å². The SMILES string of the molecule is O=C(c1ccccc1Br)N1CCC(N2CCNC2=O)CC1. The van der Waals surface area contributed by atoms with Crippen molar-refractivity contribution >= 4 is 27.9 Å². The zero-order valence-electron chi connectivity index (χ0n) is 11.7. The molecular weight excluding hydrogens is 334 g/mol. The van der Waals surface area contributed by atoms with E-state index in [2.05, 4.69) is 21.2 Å². The summed E-state index contributed by atoms with van der Waals surface area (Å²) >= 11 is 3.43. The van der Waals surface area contributed by atoms with E-state index in [4.69, 9.17) is 0 Å². The quantitative estimate of drug-likeness (QED) is 0.886. The lowest BCUT2D eigenvalue weighted by Crippen LogP contribution is -2.47. The third kappa shape index (κ3) is 2.90. The molecule has 0 unspecified atom stereocenters. The molecule has 2 aliphatic rings. The Morgan fingerprint density at radius 1 is 1.19 bits per heavy atom. The van der Waals surface area contributed by atoms with E-state index in [-0.39, 0.29) is 18.0 Å². The van der Waals surface area contributed by atoms with Gasteiger partial charge in [0.15, 0.2) is 0 Å². The first-order valence-electron chi connectivity index (χ1n) is 7.25. The third-order valence-electron chi connectivity index (χ3n) is 4.19. The summed E-state index contributed by atoms with van der Waals surface area (Å²) in [4.78, 5) is 28.0. The molecule has 1 aromatic rings. The second-order valence-electron chi connectivity index (χ2n) is 5.43. The maximum absolute atomic E-state index is 12.5. The van der Waals surface area contributed by atoms with Gasteiger partial charge in [-0.25, -0.2) is 4.79 Å². The maximum Gasteiger partial charge on any atom is 0.317 e.